The molecule has 0 aromatic carbocycles. The largest absolute Gasteiger partial charge is 0.489 e. The number of pyridine rings is 1. The van der Waals surface area contributed by atoms with E-state index in [1.807, 2.05) is 0 Å². The zero-order valence-electron chi connectivity index (χ0n) is 7.79. The van der Waals surface area contributed by atoms with E-state index in [1.54, 1.807) is 7.11 Å². The lowest BCUT2D eigenvalue weighted by atomic mass is 10.4. The van der Waals surface area contributed by atoms with Gasteiger partial charge in [0.05, 0.1) is 12.8 Å². The van der Waals surface area contributed by atoms with Crippen LogP contribution in [0.25, 0.3) is 0 Å². The second-order valence-electron chi connectivity index (χ2n) is 2.49. The molecule has 3 N–H and O–H groups in total. The minimum absolute atomic E-state index is 0.317. The molecule has 0 aliphatic heterocycles. The standard InChI is InChI=1S/C8H12FN3O2/c1-13-2-3-14-7-4-8(9)11-5-6(7)12-10/h4-5,12H,2-3,10H2,1H3. The number of halogens is 1. The Morgan fingerprint density at radius 2 is 2.36 bits per heavy atom. The summed E-state index contributed by atoms with van der Waals surface area (Å²) in [5.41, 5.74) is 2.79. The highest BCUT2D eigenvalue weighted by Gasteiger charge is 2.04. The number of anilines is 1. The van der Waals surface area contributed by atoms with Gasteiger partial charge in [0.25, 0.3) is 0 Å². The SMILES string of the molecule is COCCOc1cc(F)ncc1NN. The Labute approximate surface area is 81.0 Å². The van der Waals surface area contributed by atoms with Gasteiger partial charge in [-0.25, -0.2) is 4.98 Å². The summed E-state index contributed by atoms with van der Waals surface area (Å²) < 4.78 is 22.7. The maximum Gasteiger partial charge on any atom is 0.216 e. The van der Waals surface area contributed by atoms with E-state index in [4.69, 9.17) is 15.3 Å². The average Bonchev–Trinajstić information content (AvgIpc) is 2.19. The van der Waals surface area contributed by atoms with Crippen LogP contribution in [0.4, 0.5) is 10.1 Å². The highest BCUT2D eigenvalue weighted by Crippen LogP contribution is 2.22. The Kier molecular flexibility index (Phi) is 4.09. The second-order valence-corrected chi connectivity index (χ2v) is 2.49. The molecule has 0 saturated carbocycles. The summed E-state index contributed by atoms with van der Waals surface area (Å²) in [6.45, 7) is 0.753. The fraction of sp³-hybridized carbons (Fsp3) is 0.375. The molecule has 14 heavy (non-hydrogen) atoms. The van der Waals surface area contributed by atoms with Crippen LogP contribution in [0.15, 0.2) is 12.3 Å². The molecule has 0 spiro atoms. The number of ether oxygens (including phenoxy) is 2. The molecule has 0 fully saturated rings. The molecular formula is C8H12FN3O2. The Morgan fingerprint density at radius 1 is 1.57 bits per heavy atom. The molecule has 5 nitrogen and oxygen atoms in total. The number of nitrogens with zero attached hydrogens (tertiary/aromatic N) is 1. The molecule has 78 valence electrons. The van der Waals surface area contributed by atoms with E-state index in [2.05, 4.69) is 10.4 Å². The third-order valence-corrected chi connectivity index (χ3v) is 1.53. The number of hydrazine groups is 1. The zero-order chi connectivity index (χ0) is 10.4. The monoisotopic (exact) mass is 201 g/mol. The molecule has 1 aromatic rings. The average molecular weight is 201 g/mol. The van der Waals surface area contributed by atoms with Gasteiger partial charge in [-0.2, -0.15) is 4.39 Å². The Hall–Kier alpha value is -1.40. The number of methoxy groups -OCH3 is 1. The summed E-state index contributed by atoms with van der Waals surface area (Å²) in [7, 11) is 1.55. The predicted molar refractivity (Wildman–Crippen MR) is 49.4 cm³/mol. The number of rotatable bonds is 5. The van der Waals surface area contributed by atoms with Gasteiger partial charge in [0.15, 0.2) is 0 Å². The van der Waals surface area contributed by atoms with Crippen molar-refractivity contribution in [2.75, 3.05) is 25.7 Å². The van der Waals surface area contributed by atoms with Gasteiger partial charge in [0.2, 0.25) is 5.95 Å². The number of hydrogen-bond donors (Lipinski definition) is 2. The number of nitrogen functional groups attached to an aromatic ring is 1. The van der Waals surface area contributed by atoms with Gasteiger partial charge >= 0.3 is 0 Å². The van der Waals surface area contributed by atoms with Crippen molar-refractivity contribution in [1.29, 1.82) is 0 Å². The van der Waals surface area contributed by atoms with Crippen LogP contribution in [-0.2, 0) is 4.74 Å². The van der Waals surface area contributed by atoms with Crippen molar-refractivity contribution < 1.29 is 13.9 Å². The van der Waals surface area contributed by atoms with E-state index in [9.17, 15) is 4.39 Å². The third-order valence-electron chi connectivity index (χ3n) is 1.53. The van der Waals surface area contributed by atoms with Gasteiger partial charge in [-0.05, 0) is 0 Å². The van der Waals surface area contributed by atoms with E-state index in [-0.39, 0.29) is 0 Å². The van der Waals surface area contributed by atoms with Crippen molar-refractivity contribution in [3.05, 3.63) is 18.2 Å². The van der Waals surface area contributed by atoms with Gasteiger partial charge in [-0.3, -0.25) is 5.84 Å². The van der Waals surface area contributed by atoms with Gasteiger partial charge in [0.1, 0.15) is 18.0 Å². The highest BCUT2D eigenvalue weighted by atomic mass is 19.1. The second kappa shape index (κ2) is 5.36. The Bertz CT molecular complexity index is 296. The lowest BCUT2D eigenvalue weighted by Crippen LogP contribution is -2.11. The normalized spacial score (nSPS) is 9.93. The van der Waals surface area contributed by atoms with Crippen LogP contribution in [0.1, 0.15) is 0 Å². The fourth-order valence-corrected chi connectivity index (χ4v) is 0.876. The molecule has 0 saturated heterocycles. The molecule has 0 radical (unpaired) electrons. The van der Waals surface area contributed by atoms with Gasteiger partial charge < -0.3 is 14.9 Å². The van der Waals surface area contributed by atoms with Crippen LogP contribution in [0.3, 0.4) is 0 Å². The van der Waals surface area contributed by atoms with E-state index in [0.29, 0.717) is 24.7 Å². The van der Waals surface area contributed by atoms with Crippen LogP contribution < -0.4 is 16.0 Å². The molecule has 0 bridgehead atoms. The number of hydrogen-bond acceptors (Lipinski definition) is 5. The first-order valence-corrected chi connectivity index (χ1v) is 4.02. The lowest BCUT2D eigenvalue weighted by Gasteiger charge is -2.09. The molecule has 1 heterocycles. The van der Waals surface area contributed by atoms with E-state index >= 15 is 0 Å². The summed E-state index contributed by atoms with van der Waals surface area (Å²) in [6.07, 6.45) is 1.26. The van der Waals surface area contributed by atoms with Crippen molar-refractivity contribution >= 4 is 5.69 Å². The molecular weight excluding hydrogens is 189 g/mol. The van der Waals surface area contributed by atoms with Gasteiger partial charge in [-0.15, -0.1) is 0 Å². The molecule has 0 aliphatic rings. The van der Waals surface area contributed by atoms with Crippen LogP contribution in [0.5, 0.6) is 5.75 Å². The summed E-state index contributed by atoms with van der Waals surface area (Å²) >= 11 is 0. The lowest BCUT2D eigenvalue weighted by molar-refractivity contribution is 0.146. The molecule has 0 aliphatic carbocycles. The number of nitrogens with two attached hydrogens (primary N) is 1. The van der Waals surface area contributed by atoms with Crippen molar-refractivity contribution in [3.63, 3.8) is 0 Å². The summed E-state index contributed by atoms with van der Waals surface area (Å²) in [4.78, 5) is 3.42. The van der Waals surface area contributed by atoms with Crippen molar-refractivity contribution in [3.8, 4) is 5.75 Å². The van der Waals surface area contributed by atoms with Crippen molar-refractivity contribution in [1.82, 2.24) is 4.98 Å². The molecule has 0 unspecified atom stereocenters. The van der Waals surface area contributed by atoms with Crippen LogP contribution in [0, 0.1) is 5.95 Å². The summed E-state index contributed by atoms with van der Waals surface area (Å²) in [5.74, 6) is 4.88. The Balaban J connectivity index is 2.67. The van der Waals surface area contributed by atoms with E-state index in [0.717, 1.165) is 6.07 Å². The van der Waals surface area contributed by atoms with Crippen LogP contribution in [0.2, 0.25) is 0 Å². The minimum atomic E-state index is -0.614. The minimum Gasteiger partial charge on any atom is -0.489 e. The number of nitrogens with one attached hydrogen (secondary N) is 1. The van der Waals surface area contributed by atoms with Crippen LogP contribution >= 0.6 is 0 Å². The first-order chi connectivity index (χ1) is 6.77. The molecule has 6 heteroatoms. The molecule has 1 rings (SSSR count). The summed E-state index contributed by atoms with van der Waals surface area (Å²) in [6, 6.07) is 1.16. The number of aromatic nitrogens is 1. The maximum atomic E-state index is 12.7. The predicted octanol–water partition coefficient (Wildman–Crippen LogP) is 0.532. The quantitative estimate of drug-likeness (QED) is 0.315. The third kappa shape index (κ3) is 2.82. The first-order valence-electron chi connectivity index (χ1n) is 4.02. The molecule has 1 aromatic heterocycles. The highest BCUT2D eigenvalue weighted by molar-refractivity contribution is 5.53. The maximum absolute atomic E-state index is 12.7. The smallest absolute Gasteiger partial charge is 0.216 e. The molecule has 0 amide bonds. The van der Waals surface area contributed by atoms with Crippen LogP contribution in [-0.4, -0.2) is 25.3 Å². The topological polar surface area (TPSA) is 69.4 Å². The fourth-order valence-electron chi connectivity index (χ4n) is 0.876. The van der Waals surface area contributed by atoms with Crippen molar-refractivity contribution in [2.24, 2.45) is 5.84 Å². The van der Waals surface area contributed by atoms with E-state index < -0.39 is 5.95 Å². The van der Waals surface area contributed by atoms with E-state index in [1.165, 1.54) is 6.20 Å². The van der Waals surface area contributed by atoms with Crippen molar-refractivity contribution in [2.45, 2.75) is 0 Å². The zero-order valence-corrected chi connectivity index (χ0v) is 7.79. The molecule has 0 atom stereocenters. The Morgan fingerprint density at radius 3 is 3.00 bits per heavy atom. The first kappa shape index (κ1) is 10.7. The summed E-state index contributed by atoms with van der Waals surface area (Å²) in [5, 5.41) is 0. The van der Waals surface area contributed by atoms with Gasteiger partial charge in [0, 0.05) is 13.2 Å². The van der Waals surface area contributed by atoms with Gasteiger partial charge in [-0.1, -0.05) is 0 Å².